The van der Waals surface area contributed by atoms with Gasteiger partial charge < -0.3 is 25.4 Å². The zero-order valence-corrected chi connectivity index (χ0v) is 15.7. The number of aliphatic hydroxyl groups excluding tert-OH is 3. The minimum absolute atomic E-state index is 0.154. The SMILES string of the molecule is OC[C@H]1OC(n2cnc3c(C4CCc5ccccc5NC4)ncnc32)[C@H](O)[C@@H]1O. The summed E-state index contributed by atoms with van der Waals surface area (Å²) in [6.45, 7) is 0.361. The van der Waals surface area contributed by atoms with Gasteiger partial charge in [-0.2, -0.15) is 0 Å². The first-order chi connectivity index (χ1) is 14.2. The summed E-state index contributed by atoms with van der Waals surface area (Å²) in [6.07, 6.45) is 0.832. The Labute approximate surface area is 167 Å². The van der Waals surface area contributed by atoms with Gasteiger partial charge in [0.05, 0.1) is 18.6 Å². The molecule has 0 aliphatic carbocycles. The minimum atomic E-state index is -1.18. The van der Waals surface area contributed by atoms with Gasteiger partial charge in [0, 0.05) is 18.2 Å². The van der Waals surface area contributed by atoms with Crippen LogP contribution in [0.5, 0.6) is 0 Å². The Kier molecular flexibility index (Phi) is 4.67. The highest BCUT2D eigenvalue weighted by atomic mass is 16.6. The van der Waals surface area contributed by atoms with Gasteiger partial charge >= 0.3 is 0 Å². The number of fused-ring (bicyclic) bond motifs is 2. The van der Waals surface area contributed by atoms with Crippen LogP contribution in [-0.2, 0) is 11.2 Å². The molecule has 29 heavy (non-hydrogen) atoms. The lowest BCUT2D eigenvalue weighted by molar-refractivity contribution is -0.0511. The molecule has 2 aliphatic heterocycles. The molecule has 4 N–H and O–H groups in total. The summed E-state index contributed by atoms with van der Waals surface area (Å²) < 4.78 is 7.24. The van der Waals surface area contributed by atoms with Crippen molar-refractivity contribution in [3.05, 3.63) is 48.2 Å². The third-order valence-electron chi connectivity index (χ3n) is 5.88. The molecular formula is C20H23N5O4. The second-order valence-corrected chi connectivity index (χ2v) is 7.59. The maximum Gasteiger partial charge on any atom is 0.165 e. The Bertz CT molecular complexity index is 998. The third-order valence-corrected chi connectivity index (χ3v) is 5.88. The van der Waals surface area contributed by atoms with Crippen molar-refractivity contribution in [3.8, 4) is 0 Å². The molecule has 1 aromatic carbocycles. The number of hydrogen-bond acceptors (Lipinski definition) is 8. The van der Waals surface area contributed by atoms with E-state index in [-0.39, 0.29) is 12.5 Å². The van der Waals surface area contributed by atoms with Crippen LogP contribution in [0.15, 0.2) is 36.9 Å². The number of hydrogen-bond donors (Lipinski definition) is 4. The number of aromatic nitrogens is 4. The Balaban J connectivity index is 1.47. The van der Waals surface area contributed by atoms with Crippen LogP contribution >= 0.6 is 0 Å². The standard InChI is InChI=1S/C20H23N5O4/c26-8-14-17(27)18(28)20(29-14)25-10-24-16-15(22-9-23-19(16)25)12-6-5-11-3-1-2-4-13(11)21-7-12/h1-4,9-10,12,14,17-18,20-21,26-28H,5-8H2/t12?,14-,17-,18-,20?/m1/s1. The first-order valence-electron chi connectivity index (χ1n) is 9.79. The maximum atomic E-state index is 10.4. The summed E-state index contributed by atoms with van der Waals surface area (Å²) in [5.41, 5.74) is 4.48. The van der Waals surface area contributed by atoms with Crippen LogP contribution < -0.4 is 5.32 Å². The van der Waals surface area contributed by atoms with Gasteiger partial charge in [-0.25, -0.2) is 15.0 Å². The number of ether oxygens (including phenoxy) is 1. The number of nitrogens with zero attached hydrogens (tertiary/aromatic N) is 4. The lowest BCUT2D eigenvalue weighted by Crippen LogP contribution is -2.33. The predicted octanol–water partition coefficient (Wildman–Crippen LogP) is 0.580. The van der Waals surface area contributed by atoms with Crippen LogP contribution in [0.1, 0.15) is 29.8 Å². The van der Waals surface area contributed by atoms with Gasteiger partial charge in [0.15, 0.2) is 11.9 Å². The average molecular weight is 397 g/mol. The molecule has 1 saturated heterocycles. The molecule has 2 aromatic heterocycles. The zero-order chi connectivity index (χ0) is 20.0. The lowest BCUT2D eigenvalue weighted by atomic mass is 9.97. The Morgan fingerprint density at radius 2 is 2.00 bits per heavy atom. The molecular weight excluding hydrogens is 374 g/mol. The van der Waals surface area contributed by atoms with Gasteiger partial charge in [0.1, 0.15) is 30.2 Å². The minimum Gasteiger partial charge on any atom is -0.394 e. The fourth-order valence-electron chi connectivity index (χ4n) is 4.27. The van der Waals surface area contributed by atoms with Crippen LogP contribution in [-0.4, -0.2) is 66.3 Å². The molecule has 2 aliphatic rings. The molecule has 3 aromatic rings. The van der Waals surface area contributed by atoms with Crippen molar-refractivity contribution in [2.24, 2.45) is 0 Å². The Hall–Kier alpha value is -2.59. The maximum absolute atomic E-state index is 10.4. The summed E-state index contributed by atoms with van der Waals surface area (Å²) in [5.74, 6) is 0.154. The first-order valence-corrected chi connectivity index (χ1v) is 9.79. The van der Waals surface area contributed by atoms with Crippen LogP contribution in [0.2, 0.25) is 0 Å². The average Bonchev–Trinajstić information content (AvgIpc) is 3.21. The zero-order valence-electron chi connectivity index (χ0n) is 15.7. The van der Waals surface area contributed by atoms with Crippen molar-refractivity contribution in [3.63, 3.8) is 0 Å². The molecule has 0 bridgehead atoms. The van der Waals surface area contributed by atoms with E-state index >= 15 is 0 Å². The molecule has 5 rings (SSSR count). The second-order valence-electron chi connectivity index (χ2n) is 7.59. The van der Waals surface area contributed by atoms with E-state index in [4.69, 9.17) is 4.74 Å². The lowest BCUT2D eigenvalue weighted by Gasteiger charge is -2.17. The van der Waals surface area contributed by atoms with Crippen molar-refractivity contribution in [1.82, 2.24) is 19.5 Å². The molecule has 0 radical (unpaired) electrons. The smallest absolute Gasteiger partial charge is 0.165 e. The Morgan fingerprint density at radius 3 is 2.83 bits per heavy atom. The predicted molar refractivity (Wildman–Crippen MR) is 104 cm³/mol. The molecule has 9 heteroatoms. The van der Waals surface area contributed by atoms with E-state index in [0.717, 1.165) is 30.8 Å². The molecule has 1 fully saturated rings. The topological polar surface area (TPSA) is 126 Å². The van der Waals surface area contributed by atoms with Crippen molar-refractivity contribution >= 4 is 16.9 Å². The largest absolute Gasteiger partial charge is 0.394 e. The van der Waals surface area contributed by atoms with Gasteiger partial charge in [-0.15, -0.1) is 0 Å². The van der Waals surface area contributed by atoms with Crippen LogP contribution in [0.3, 0.4) is 0 Å². The number of aryl methyl sites for hydroxylation is 1. The van der Waals surface area contributed by atoms with Crippen molar-refractivity contribution < 1.29 is 20.1 Å². The number of para-hydroxylation sites is 1. The highest BCUT2D eigenvalue weighted by Gasteiger charge is 2.44. The molecule has 9 nitrogen and oxygen atoms in total. The van der Waals surface area contributed by atoms with Gasteiger partial charge in [0.25, 0.3) is 0 Å². The number of benzene rings is 1. The third kappa shape index (κ3) is 3.06. The number of nitrogens with one attached hydrogen (secondary N) is 1. The highest BCUT2D eigenvalue weighted by Crippen LogP contribution is 2.34. The van der Waals surface area contributed by atoms with Gasteiger partial charge in [-0.3, -0.25) is 4.57 Å². The molecule has 4 heterocycles. The highest BCUT2D eigenvalue weighted by molar-refractivity contribution is 5.74. The van der Waals surface area contributed by atoms with E-state index in [9.17, 15) is 15.3 Å². The van der Waals surface area contributed by atoms with Crippen LogP contribution in [0, 0.1) is 0 Å². The van der Waals surface area contributed by atoms with Gasteiger partial charge in [-0.1, -0.05) is 18.2 Å². The fraction of sp³-hybridized carbons (Fsp3) is 0.450. The molecule has 2 unspecified atom stereocenters. The summed E-state index contributed by atoms with van der Waals surface area (Å²) >= 11 is 0. The molecule has 5 atom stereocenters. The van der Waals surface area contributed by atoms with E-state index in [1.807, 2.05) is 12.1 Å². The van der Waals surface area contributed by atoms with Crippen LogP contribution in [0.4, 0.5) is 5.69 Å². The van der Waals surface area contributed by atoms with Gasteiger partial charge in [-0.05, 0) is 24.5 Å². The summed E-state index contributed by atoms with van der Waals surface area (Å²) in [7, 11) is 0. The second kappa shape index (κ2) is 7.34. The monoisotopic (exact) mass is 397 g/mol. The van der Waals surface area contributed by atoms with E-state index in [2.05, 4.69) is 32.4 Å². The molecule has 0 saturated carbocycles. The quantitative estimate of drug-likeness (QED) is 0.506. The van der Waals surface area contributed by atoms with E-state index in [0.29, 0.717) is 11.2 Å². The number of aliphatic hydroxyl groups is 3. The number of anilines is 1. The normalized spacial score (nSPS) is 29.4. The van der Waals surface area contributed by atoms with Gasteiger partial charge in [0.2, 0.25) is 0 Å². The summed E-state index contributed by atoms with van der Waals surface area (Å²) in [4.78, 5) is 13.4. The number of rotatable bonds is 3. The molecule has 152 valence electrons. The van der Waals surface area contributed by atoms with Crippen molar-refractivity contribution in [1.29, 1.82) is 0 Å². The van der Waals surface area contributed by atoms with E-state index in [1.54, 1.807) is 10.9 Å². The summed E-state index contributed by atoms with van der Waals surface area (Å²) in [5, 5.41) is 33.3. The molecule has 0 spiro atoms. The van der Waals surface area contributed by atoms with E-state index < -0.39 is 24.5 Å². The van der Waals surface area contributed by atoms with E-state index in [1.165, 1.54) is 11.9 Å². The fourth-order valence-corrected chi connectivity index (χ4v) is 4.27. The van der Waals surface area contributed by atoms with Crippen molar-refractivity contribution in [2.75, 3.05) is 18.5 Å². The molecule has 0 amide bonds. The number of imidazole rings is 1. The first kappa shape index (κ1) is 18.4. The van der Waals surface area contributed by atoms with Crippen molar-refractivity contribution in [2.45, 2.75) is 43.3 Å². The van der Waals surface area contributed by atoms with Crippen LogP contribution in [0.25, 0.3) is 11.2 Å². The Morgan fingerprint density at radius 1 is 1.14 bits per heavy atom. The summed E-state index contributed by atoms with van der Waals surface area (Å²) in [6, 6.07) is 8.30.